The van der Waals surface area contributed by atoms with E-state index in [0.717, 1.165) is 19.5 Å². The predicted octanol–water partition coefficient (Wildman–Crippen LogP) is 2.47. The number of pyridine rings is 2. The number of nitrogens with one attached hydrogen (secondary N) is 1. The minimum Gasteiger partial charge on any atom is -0.485 e. The molecule has 2 aromatic heterocycles. The van der Waals surface area contributed by atoms with Gasteiger partial charge in [0.25, 0.3) is 0 Å². The zero-order valence-corrected chi connectivity index (χ0v) is 18.9. The molecule has 10 nitrogen and oxygen atoms in total. The Kier molecular flexibility index (Phi) is 8.12. The highest BCUT2D eigenvalue weighted by Crippen LogP contribution is 2.34. The number of carbonyl (C=O) groups excluding carboxylic acids is 1. The van der Waals surface area contributed by atoms with Gasteiger partial charge in [0, 0.05) is 25.7 Å². The van der Waals surface area contributed by atoms with Crippen LogP contribution in [0.3, 0.4) is 0 Å². The third-order valence-electron chi connectivity index (χ3n) is 5.17. The summed E-state index contributed by atoms with van der Waals surface area (Å²) in [5.74, 6) is -2.47. The van der Waals surface area contributed by atoms with Crippen LogP contribution in [0.1, 0.15) is 23.8 Å². The summed E-state index contributed by atoms with van der Waals surface area (Å²) < 4.78 is 54.2. The fourth-order valence-electron chi connectivity index (χ4n) is 3.48. The average Bonchev–Trinajstić information content (AvgIpc) is 3.24. The molecule has 0 bridgehead atoms. The van der Waals surface area contributed by atoms with E-state index in [-0.39, 0.29) is 17.4 Å². The zero-order valence-electron chi connectivity index (χ0n) is 18.9. The highest BCUT2D eigenvalue weighted by atomic mass is 19.4. The van der Waals surface area contributed by atoms with Crippen molar-refractivity contribution in [1.82, 2.24) is 15.3 Å². The highest BCUT2D eigenvalue weighted by Gasteiger charge is 2.46. The lowest BCUT2D eigenvalue weighted by atomic mass is 9.93. The van der Waals surface area contributed by atoms with Crippen LogP contribution in [0.4, 0.5) is 13.2 Å². The van der Waals surface area contributed by atoms with Crippen molar-refractivity contribution in [3.63, 3.8) is 0 Å². The van der Waals surface area contributed by atoms with Gasteiger partial charge >= 0.3 is 18.1 Å². The maximum atomic E-state index is 12.3. The van der Waals surface area contributed by atoms with Crippen LogP contribution in [0.5, 0.6) is 11.6 Å². The van der Waals surface area contributed by atoms with E-state index in [0.29, 0.717) is 36.1 Å². The van der Waals surface area contributed by atoms with E-state index >= 15 is 0 Å². The van der Waals surface area contributed by atoms with Crippen LogP contribution in [-0.4, -0.2) is 78.3 Å². The first-order valence-electron chi connectivity index (χ1n) is 10.6. The molecule has 2 aromatic rings. The maximum Gasteiger partial charge on any atom is 0.490 e. The minimum absolute atomic E-state index is 0.124. The summed E-state index contributed by atoms with van der Waals surface area (Å²) >= 11 is 0. The van der Waals surface area contributed by atoms with E-state index in [1.165, 1.54) is 7.11 Å². The summed E-state index contributed by atoms with van der Waals surface area (Å²) in [6.07, 6.45) is -2.78. The molecule has 2 fully saturated rings. The smallest absolute Gasteiger partial charge is 0.485 e. The molecule has 2 aliphatic rings. The van der Waals surface area contributed by atoms with Gasteiger partial charge in [-0.2, -0.15) is 13.2 Å². The largest absolute Gasteiger partial charge is 0.490 e. The molecule has 0 radical (unpaired) electrons. The van der Waals surface area contributed by atoms with Crippen LogP contribution >= 0.6 is 0 Å². The van der Waals surface area contributed by atoms with E-state index in [1.54, 1.807) is 24.4 Å². The van der Waals surface area contributed by atoms with Gasteiger partial charge in [-0.25, -0.2) is 19.6 Å². The molecule has 13 heteroatoms. The van der Waals surface area contributed by atoms with E-state index in [2.05, 4.69) is 15.3 Å². The number of carboxylic acids is 1. The molecular weight excluding hydrogens is 475 g/mol. The third-order valence-corrected chi connectivity index (χ3v) is 5.17. The van der Waals surface area contributed by atoms with Gasteiger partial charge in [-0.1, -0.05) is 0 Å². The zero-order chi connectivity index (χ0) is 25.6. The molecule has 2 saturated heterocycles. The van der Waals surface area contributed by atoms with Crippen molar-refractivity contribution in [2.75, 3.05) is 33.4 Å². The van der Waals surface area contributed by atoms with Crippen LogP contribution in [0.25, 0.3) is 11.3 Å². The van der Waals surface area contributed by atoms with Gasteiger partial charge in [0.05, 0.1) is 37.2 Å². The molecule has 4 rings (SSSR count). The number of rotatable bonds is 6. The second-order valence-corrected chi connectivity index (χ2v) is 7.67. The van der Waals surface area contributed by atoms with E-state index < -0.39 is 18.1 Å². The van der Waals surface area contributed by atoms with Gasteiger partial charge in [-0.3, -0.25) is 0 Å². The second kappa shape index (κ2) is 10.9. The molecule has 1 atom stereocenters. The topological polar surface area (TPSA) is 129 Å². The normalized spacial score (nSPS) is 18.1. The Bertz CT molecular complexity index is 1060. The monoisotopic (exact) mass is 499 g/mol. The predicted molar refractivity (Wildman–Crippen MR) is 114 cm³/mol. The molecule has 0 saturated carbocycles. The molecule has 1 unspecified atom stereocenters. The number of alkyl halides is 3. The van der Waals surface area contributed by atoms with Crippen LogP contribution in [0, 0.1) is 0 Å². The SMILES string of the molecule is CCOc1ncccc1-c1ccc(OC2COC3(CNC3)C2)c(C(=O)OC)n1.O=C(O)C(F)(F)F. The summed E-state index contributed by atoms with van der Waals surface area (Å²) in [4.78, 5) is 30.0. The van der Waals surface area contributed by atoms with E-state index in [1.807, 2.05) is 13.0 Å². The van der Waals surface area contributed by atoms with Gasteiger partial charge in [0.15, 0.2) is 11.4 Å². The molecule has 0 aromatic carbocycles. The van der Waals surface area contributed by atoms with Gasteiger partial charge in [-0.15, -0.1) is 0 Å². The van der Waals surface area contributed by atoms with E-state index in [9.17, 15) is 18.0 Å². The van der Waals surface area contributed by atoms with Crippen molar-refractivity contribution >= 4 is 11.9 Å². The quantitative estimate of drug-likeness (QED) is 0.572. The fraction of sp³-hybridized carbons (Fsp3) is 0.455. The number of carbonyl (C=O) groups is 2. The number of aromatic nitrogens is 2. The molecule has 2 aliphatic heterocycles. The fourth-order valence-corrected chi connectivity index (χ4v) is 3.48. The number of carboxylic acid groups (broad SMARTS) is 1. The Balaban J connectivity index is 0.000000429. The second-order valence-electron chi connectivity index (χ2n) is 7.67. The first-order chi connectivity index (χ1) is 16.6. The molecule has 4 heterocycles. The molecule has 0 amide bonds. The van der Waals surface area contributed by atoms with E-state index in [4.69, 9.17) is 28.8 Å². The first-order valence-corrected chi connectivity index (χ1v) is 10.6. The molecule has 35 heavy (non-hydrogen) atoms. The lowest BCUT2D eigenvalue weighted by Gasteiger charge is -2.37. The third kappa shape index (κ3) is 6.36. The molecule has 1 spiro atoms. The molecule has 190 valence electrons. The number of esters is 1. The number of hydrogen-bond acceptors (Lipinski definition) is 9. The number of halogens is 3. The van der Waals surface area contributed by atoms with Crippen molar-refractivity contribution in [2.45, 2.75) is 31.2 Å². The van der Waals surface area contributed by atoms with Crippen molar-refractivity contribution in [2.24, 2.45) is 0 Å². The molecule has 2 N–H and O–H groups in total. The van der Waals surface area contributed by atoms with Crippen LogP contribution in [0.2, 0.25) is 0 Å². The molecule has 0 aliphatic carbocycles. The van der Waals surface area contributed by atoms with Crippen LogP contribution in [0.15, 0.2) is 30.5 Å². The maximum absolute atomic E-state index is 12.3. The standard InChI is InChI=1S/C20H23N3O5.C2HF3O2/c1-3-26-18-14(5-4-8-22-18)15-6-7-16(17(23-15)19(24)25-2)28-13-9-20(27-10-13)11-21-12-20;3-2(4,5)1(6)7/h4-8,13,21H,3,9-12H2,1-2H3;(H,6,7). The average molecular weight is 499 g/mol. The minimum atomic E-state index is -5.08. The number of ether oxygens (including phenoxy) is 4. The van der Waals surface area contributed by atoms with Crippen LogP contribution < -0.4 is 14.8 Å². The summed E-state index contributed by atoms with van der Waals surface area (Å²) in [5.41, 5.74) is 1.25. The number of nitrogens with zero attached hydrogens (tertiary/aromatic N) is 2. The van der Waals surface area contributed by atoms with Crippen molar-refractivity contribution in [3.8, 4) is 22.9 Å². The Morgan fingerprint density at radius 2 is 2.00 bits per heavy atom. The Hall–Kier alpha value is -3.45. The van der Waals surface area contributed by atoms with Gasteiger partial charge in [0.2, 0.25) is 5.88 Å². The van der Waals surface area contributed by atoms with Gasteiger partial charge in [-0.05, 0) is 31.2 Å². The molecular formula is C22H24F3N3O7. The van der Waals surface area contributed by atoms with Gasteiger partial charge in [0.1, 0.15) is 6.10 Å². The summed E-state index contributed by atoms with van der Waals surface area (Å²) in [7, 11) is 1.32. The Morgan fingerprint density at radius 1 is 1.29 bits per heavy atom. The van der Waals surface area contributed by atoms with Crippen LogP contribution in [-0.2, 0) is 14.3 Å². The number of aliphatic carboxylic acids is 1. The van der Waals surface area contributed by atoms with Crippen molar-refractivity contribution < 1.29 is 46.8 Å². The number of methoxy groups -OCH3 is 1. The lowest BCUT2D eigenvalue weighted by molar-refractivity contribution is -0.192. The first kappa shape index (κ1) is 26.2. The van der Waals surface area contributed by atoms with Crippen molar-refractivity contribution in [1.29, 1.82) is 0 Å². The van der Waals surface area contributed by atoms with Crippen molar-refractivity contribution in [3.05, 3.63) is 36.2 Å². The lowest BCUT2D eigenvalue weighted by Crippen LogP contribution is -2.59. The Labute approximate surface area is 198 Å². The highest BCUT2D eigenvalue weighted by molar-refractivity contribution is 5.91. The summed E-state index contributed by atoms with van der Waals surface area (Å²) in [6.45, 7) is 4.51. The Morgan fingerprint density at radius 3 is 2.54 bits per heavy atom. The number of hydrogen-bond donors (Lipinski definition) is 2. The summed E-state index contributed by atoms with van der Waals surface area (Å²) in [5, 5.41) is 10.3. The summed E-state index contributed by atoms with van der Waals surface area (Å²) in [6, 6.07) is 7.17. The van der Waals surface area contributed by atoms with Gasteiger partial charge < -0.3 is 29.4 Å².